The highest BCUT2D eigenvalue weighted by Crippen LogP contribution is 2.48. The quantitative estimate of drug-likeness (QED) is 0.808. The maximum atomic E-state index is 13.2. The Labute approximate surface area is 98.0 Å². The third kappa shape index (κ3) is 2.61. The average molecular weight is 247 g/mol. The van der Waals surface area contributed by atoms with E-state index < -0.39 is 11.6 Å². The second-order valence-corrected chi connectivity index (χ2v) is 4.65. The lowest BCUT2D eigenvalue weighted by atomic mass is 10.0. The number of hydrogen-bond donors (Lipinski definition) is 1. The highest BCUT2D eigenvalue weighted by Gasteiger charge is 2.41. The SMILES string of the molecule is Fc1cnc(NCC2(CCCl)CC2)c(F)c1. The average Bonchev–Trinajstić information content (AvgIpc) is 2.98. The molecule has 0 unspecified atom stereocenters. The third-order valence-corrected chi connectivity index (χ3v) is 3.21. The summed E-state index contributed by atoms with van der Waals surface area (Å²) in [6, 6.07) is 0.830. The Morgan fingerprint density at radius 3 is 2.75 bits per heavy atom. The molecule has 5 heteroatoms. The van der Waals surface area contributed by atoms with Gasteiger partial charge < -0.3 is 5.32 Å². The zero-order valence-electron chi connectivity index (χ0n) is 8.77. The Kier molecular flexibility index (Phi) is 3.28. The highest BCUT2D eigenvalue weighted by molar-refractivity contribution is 6.17. The normalized spacial score (nSPS) is 17.2. The fourth-order valence-corrected chi connectivity index (χ4v) is 2.11. The van der Waals surface area contributed by atoms with E-state index in [-0.39, 0.29) is 11.2 Å². The maximum Gasteiger partial charge on any atom is 0.168 e. The van der Waals surface area contributed by atoms with Crippen molar-refractivity contribution in [2.75, 3.05) is 17.7 Å². The van der Waals surface area contributed by atoms with E-state index in [0.29, 0.717) is 12.4 Å². The number of anilines is 1. The molecule has 1 fully saturated rings. The third-order valence-electron chi connectivity index (χ3n) is 3.02. The molecule has 0 aromatic carbocycles. The summed E-state index contributed by atoms with van der Waals surface area (Å²) in [5, 5.41) is 2.92. The van der Waals surface area contributed by atoms with Crippen LogP contribution in [0.5, 0.6) is 0 Å². The molecule has 1 saturated carbocycles. The van der Waals surface area contributed by atoms with E-state index in [0.717, 1.165) is 31.5 Å². The summed E-state index contributed by atoms with van der Waals surface area (Å²) in [6.45, 7) is 0.648. The molecule has 2 rings (SSSR count). The standard InChI is InChI=1S/C11H13ClF2N2/c12-4-3-11(1-2-11)7-16-10-9(14)5-8(13)6-15-10/h5-6H,1-4,7H2,(H,15,16). The van der Waals surface area contributed by atoms with E-state index in [1.807, 2.05) is 0 Å². The maximum absolute atomic E-state index is 13.2. The Morgan fingerprint density at radius 2 is 2.19 bits per heavy atom. The van der Waals surface area contributed by atoms with Gasteiger partial charge in [0.2, 0.25) is 0 Å². The van der Waals surface area contributed by atoms with Crippen LogP contribution in [-0.2, 0) is 0 Å². The fourth-order valence-electron chi connectivity index (χ4n) is 1.71. The zero-order valence-corrected chi connectivity index (χ0v) is 9.53. The van der Waals surface area contributed by atoms with Crippen LogP contribution >= 0.6 is 11.6 Å². The second kappa shape index (κ2) is 4.53. The van der Waals surface area contributed by atoms with Crippen LogP contribution in [0.2, 0.25) is 0 Å². The predicted octanol–water partition coefficient (Wildman–Crippen LogP) is 3.18. The van der Waals surface area contributed by atoms with E-state index in [1.165, 1.54) is 0 Å². The number of pyridine rings is 1. The van der Waals surface area contributed by atoms with E-state index in [2.05, 4.69) is 10.3 Å². The molecule has 0 bridgehead atoms. The first-order chi connectivity index (χ1) is 7.65. The van der Waals surface area contributed by atoms with Crippen molar-refractivity contribution in [3.63, 3.8) is 0 Å². The van der Waals surface area contributed by atoms with E-state index in [9.17, 15) is 8.78 Å². The molecule has 0 aliphatic heterocycles. The lowest BCUT2D eigenvalue weighted by Gasteiger charge is -2.14. The number of alkyl halides is 1. The van der Waals surface area contributed by atoms with Crippen molar-refractivity contribution < 1.29 is 8.78 Å². The van der Waals surface area contributed by atoms with Crippen molar-refractivity contribution >= 4 is 17.4 Å². The first-order valence-corrected chi connectivity index (χ1v) is 5.80. The first kappa shape index (κ1) is 11.6. The van der Waals surface area contributed by atoms with Gasteiger partial charge in [0.05, 0.1) is 6.20 Å². The monoisotopic (exact) mass is 246 g/mol. The van der Waals surface area contributed by atoms with Gasteiger partial charge in [0.15, 0.2) is 11.6 Å². The van der Waals surface area contributed by atoms with Crippen molar-refractivity contribution in [1.82, 2.24) is 4.98 Å². The Balaban J connectivity index is 1.94. The molecule has 0 amide bonds. The van der Waals surface area contributed by atoms with Gasteiger partial charge in [-0.1, -0.05) is 0 Å². The van der Waals surface area contributed by atoms with Gasteiger partial charge in [0.1, 0.15) is 5.82 Å². The summed E-state index contributed by atoms with van der Waals surface area (Å²) < 4.78 is 25.8. The Morgan fingerprint density at radius 1 is 1.44 bits per heavy atom. The van der Waals surface area contributed by atoms with Gasteiger partial charge in [0.25, 0.3) is 0 Å². The van der Waals surface area contributed by atoms with E-state index in [1.54, 1.807) is 0 Å². The lowest BCUT2D eigenvalue weighted by Crippen LogP contribution is -2.17. The van der Waals surface area contributed by atoms with Gasteiger partial charge >= 0.3 is 0 Å². The van der Waals surface area contributed by atoms with E-state index >= 15 is 0 Å². The van der Waals surface area contributed by atoms with Crippen molar-refractivity contribution in [2.24, 2.45) is 5.41 Å². The lowest BCUT2D eigenvalue weighted by molar-refractivity contribution is 0.519. The summed E-state index contributed by atoms with van der Waals surface area (Å²) >= 11 is 5.69. The van der Waals surface area contributed by atoms with Crippen molar-refractivity contribution in [2.45, 2.75) is 19.3 Å². The van der Waals surface area contributed by atoms with Gasteiger partial charge in [-0.05, 0) is 24.7 Å². The molecule has 0 saturated heterocycles. The topological polar surface area (TPSA) is 24.9 Å². The second-order valence-electron chi connectivity index (χ2n) is 4.28. The molecule has 1 aromatic heterocycles. The van der Waals surface area contributed by atoms with Crippen molar-refractivity contribution in [3.8, 4) is 0 Å². The van der Waals surface area contributed by atoms with Gasteiger partial charge in [0, 0.05) is 18.5 Å². The summed E-state index contributed by atoms with van der Waals surface area (Å²) in [5.74, 6) is -0.588. The molecule has 1 N–H and O–H groups in total. The van der Waals surface area contributed by atoms with Crippen LogP contribution in [-0.4, -0.2) is 17.4 Å². The van der Waals surface area contributed by atoms with Gasteiger partial charge in [-0.15, -0.1) is 11.6 Å². The molecule has 1 aromatic rings. The molecule has 0 radical (unpaired) electrons. The predicted molar refractivity (Wildman–Crippen MR) is 59.6 cm³/mol. The van der Waals surface area contributed by atoms with Gasteiger partial charge in [-0.25, -0.2) is 13.8 Å². The largest absolute Gasteiger partial charge is 0.367 e. The van der Waals surface area contributed by atoms with Crippen LogP contribution in [0.3, 0.4) is 0 Å². The molecule has 1 heterocycles. The van der Waals surface area contributed by atoms with Crippen LogP contribution in [0.15, 0.2) is 12.3 Å². The van der Waals surface area contributed by atoms with Crippen molar-refractivity contribution in [1.29, 1.82) is 0 Å². The molecule has 16 heavy (non-hydrogen) atoms. The van der Waals surface area contributed by atoms with Crippen LogP contribution in [0.1, 0.15) is 19.3 Å². The number of nitrogens with zero attached hydrogens (tertiary/aromatic N) is 1. The summed E-state index contributed by atoms with van der Waals surface area (Å²) in [4.78, 5) is 3.67. The number of aromatic nitrogens is 1. The minimum Gasteiger partial charge on any atom is -0.367 e. The number of hydrogen-bond acceptors (Lipinski definition) is 2. The summed E-state index contributed by atoms with van der Waals surface area (Å²) in [6.07, 6.45) is 4.14. The molecule has 2 nitrogen and oxygen atoms in total. The smallest absolute Gasteiger partial charge is 0.168 e. The fraction of sp³-hybridized carbons (Fsp3) is 0.545. The summed E-state index contributed by atoms with van der Waals surface area (Å²) in [7, 11) is 0. The molecule has 1 aliphatic rings. The molecule has 1 aliphatic carbocycles. The molecule has 88 valence electrons. The van der Waals surface area contributed by atoms with Crippen molar-refractivity contribution in [3.05, 3.63) is 23.9 Å². The van der Waals surface area contributed by atoms with Crippen LogP contribution in [0, 0.1) is 17.0 Å². The molecular weight excluding hydrogens is 234 g/mol. The first-order valence-electron chi connectivity index (χ1n) is 5.26. The number of nitrogens with one attached hydrogen (secondary N) is 1. The Hall–Kier alpha value is -0.900. The number of halogens is 3. The molecule has 0 atom stereocenters. The zero-order chi connectivity index (χ0) is 11.6. The molecular formula is C11H13ClF2N2. The van der Waals surface area contributed by atoms with Gasteiger partial charge in [-0.2, -0.15) is 0 Å². The highest BCUT2D eigenvalue weighted by atomic mass is 35.5. The van der Waals surface area contributed by atoms with Gasteiger partial charge in [-0.3, -0.25) is 0 Å². The summed E-state index contributed by atoms with van der Waals surface area (Å²) in [5.41, 5.74) is 0.199. The van der Waals surface area contributed by atoms with E-state index in [4.69, 9.17) is 11.6 Å². The number of rotatable bonds is 5. The van der Waals surface area contributed by atoms with Crippen LogP contribution in [0.4, 0.5) is 14.6 Å². The minimum atomic E-state index is -0.662. The Bertz CT molecular complexity index is 380. The van der Waals surface area contributed by atoms with Crippen LogP contribution in [0.25, 0.3) is 0 Å². The van der Waals surface area contributed by atoms with Crippen LogP contribution < -0.4 is 5.32 Å². The minimum absolute atomic E-state index is 0.113. The molecule has 0 spiro atoms.